The van der Waals surface area contributed by atoms with Gasteiger partial charge in [-0.2, -0.15) is 5.10 Å². The molecule has 3 aromatic carbocycles. The molecule has 4 aromatic rings. The van der Waals surface area contributed by atoms with Crippen LogP contribution in [0.3, 0.4) is 0 Å². The van der Waals surface area contributed by atoms with E-state index >= 15 is 0 Å². The first-order valence-electron chi connectivity index (χ1n) is 10.8. The third-order valence-electron chi connectivity index (χ3n) is 5.30. The van der Waals surface area contributed by atoms with Crippen LogP contribution in [-0.2, 0) is 11.3 Å². The number of carboxylic acids is 1. The largest absolute Gasteiger partial charge is 0.482 e. The lowest BCUT2D eigenvalue weighted by Crippen LogP contribution is -2.09. The van der Waals surface area contributed by atoms with E-state index in [1.54, 1.807) is 6.07 Å². The first-order chi connectivity index (χ1) is 16.1. The van der Waals surface area contributed by atoms with E-state index in [9.17, 15) is 4.79 Å². The zero-order valence-corrected chi connectivity index (χ0v) is 18.5. The molecule has 0 aliphatic carbocycles. The highest BCUT2D eigenvalue weighted by Gasteiger charge is 2.18. The molecule has 0 aliphatic rings. The monoisotopic (exact) mass is 438 g/mol. The Kier molecular flexibility index (Phi) is 7.00. The van der Waals surface area contributed by atoms with E-state index in [1.165, 1.54) is 11.1 Å². The van der Waals surface area contributed by atoms with Gasteiger partial charge in [0.15, 0.2) is 6.61 Å². The van der Waals surface area contributed by atoms with E-state index in [-0.39, 0.29) is 12.5 Å². The summed E-state index contributed by atoms with van der Waals surface area (Å²) in [6.07, 6.45) is 6.10. The van der Waals surface area contributed by atoms with E-state index < -0.39 is 5.97 Å². The van der Waals surface area contributed by atoms with Crippen LogP contribution < -0.4 is 4.74 Å². The second kappa shape index (κ2) is 10.5. The van der Waals surface area contributed by atoms with E-state index in [0.29, 0.717) is 12.3 Å². The van der Waals surface area contributed by atoms with Crippen LogP contribution in [0, 0.1) is 0 Å². The summed E-state index contributed by atoms with van der Waals surface area (Å²) in [6, 6.07) is 28.3. The maximum Gasteiger partial charge on any atom is 0.341 e. The molecule has 5 heteroatoms. The van der Waals surface area contributed by atoms with Crippen molar-refractivity contribution in [3.63, 3.8) is 0 Å². The lowest BCUT2D eigenvalue weighted by atomic mass is 9.87. The second-order valence-corrected chi connectivity index (χ2v) is 7.97. The quantitative estimate of drug-likeness (QED) is 0.368. The van der Waals surface area contributed by atoms with Gasteiger partial charge in [0.05, 0.1) is 12.7 Å². The van der Waals surface area contributed by atoms with E-state index in [2.05, 4.69) is 72.8 Å². The van der Waals surface area contributed by atoms with Gasteiger partial charge in [-0.25, -0.2) is 4.79 Å². The fraction of sp³-hybridized carbons (Fsp3) is 0.143. The molecule has 0 saturated carbocycles. The molecule has 0 atom stereocenters. The lowest BCUT2D eigenvalue weighted by molar-refractivity contribution is -0.139. The number of aliphatic carboxylic acids is 1. The number of rotatable bonds is 9. The summed E-state index contributed by atoms with van der Waals surface area (Å²) < 4.78 is 7.22. The van der Waals surface area contributed by atoms with Gasteiger partial charge in [0.25, 0.3) is 0 Å². The Labute approximate surface area is 193 Å². The van der Waals surface area contributed by atoms with Crippen molar-refractivity contribution >= 4 is 12.0 Å². The molecule has 5 nitrogen and oxygen atoms in total. The van der Waals surface area contributed by atoms with Crippen LogP contribution >= 0.6 is 0 Å². The molecular weight excluding hydrogens is 412 g/mol. The minimum atomic E-state index is -0.995. The summed E-state index contributed by atoms with van der Waals surface area (Å²) in [4.78, 5) is 10.7. The molecule has 0 unspecified atom stereocenters. The highest BCUT2D eigenvalue weighted by molar-refractivity contribution is 5.68. The van der Waals surface area contributed by atoms with Crippen molar-refractivity contribution in [3.8, 4) is 5.75 Å². The normalized spacial score (nSPS) is 11.5. The second-order valence-electron chi connectivity index (χ2n) is 7.97. The summed E-state index contributed by atoms with van der Waals surface area (Å²) in [5.41, 5.74) is 5.68. The average molecular weight is 439 g/mol. The highest BCUT2D eigenvalue weighted by atomic mass is 16.5. The summed E-state index contributed by atoms with van der Waals surface area (Å²) in [5.74, 6) is -0.340. The smallest absolute Gasteiger partial charge is 0.341 e. The number of benzene rings is 3. The van der Waals surface area contributed by atoms with Gasteiger partial charge in [0, 0.05) is 17.7 Å². The standard InChI is InChI=1S/C28H26N2O3/c1-21(15-22-9-8-14-26(16-22)33-20-27(31)32)18-30-19-25(17-29-30)28(23-10-4-2-5-11-23)24-12-6-3-7-13-24/h2-17,19,28H,18,20H2,1H3,(H,31,32). The Morgan fingerprint density at radius 3 is 2.27 bits per heavy atom. The van der Waals surface area contributed by atoms with Gasteiger partial charge >= 0.3 is 5.97 Å². The Balaban J connectivity index is 1.53. The maximum absolute atomic E-state index is 10.7. The van der Waals surface area contributed by atoms with Crippen LogP contribution in [0.2, 0.25) is 0 Å². The molecule has 1 heterocycles. The fourth-order valence-corrected chi connectivity index (χ4v) is 3.91. The molecular formula is C28H26N2O3. The lowest BCUT2D eigenvalue weighted by Gasteiger charge is -2.16. The number of hydrogen-bond donors (Lipinski definition) is 1. The molecule has 0 bridgehead atoms. The predicted molar refractivity (Wildman–Crippen MR) is 129 cm³/mol. The van der Waals surface area contributed by atoms with Gasteiger partial charge in [0.2, 0.25) is 0 Å². The van der Waals surface area contributed by atoms with Gasteiger partial charge in [0.1, 0.15) is 5.75 Å². The highest BCUT2D eigenvalue weighted by Crippen LogP contribution is 2.31. The molecule has 0 amide bonds. The molecule has 1 N–H and O–H groups in total. The summed E-state index contributed by atoms with van der Waals surface area (Å²) in [7, 11) is 0. The Morgan fingerprint density at radius 2 is 1.64 bits per heavy atom. The molecule has 166 valence electrons. The van der Waals surface area contributed by atoms with Gasteiger partial charge in [-0.05, 0) is 35.7 Å². The van der Waals surface area contributed by atoms with Crippen LogP contribution in [0.15, 0.2) is 103 Å². The number of nitrogens with zero attached hydrogens (tertiary/aromatic N) is 2. The minimum absolute atomic E-state index is 0.119. The summed E-state index contributed by atoms with van der Waals surface area (Å²) >= 11 is 0. The molecule has 0 saturated heterocycles. The minimum Gasteiger partial charge on any atom is -0.482 e. The van der Waals surface area contributed by atoms with Crippen LogP contribution in [0.1, 0.15) is 35.1 Å². The molecule has 0 radical (unpaired) electrons. The van der Waals surface area contributed by atoms with Gasteiger partial charge in [-0.3, -0.25) is 4.68 Å². The van der Waals surface area contributed by atoms with E-state index in [4.69, 9.17) is 9.84 Å². The van der Waals surface area contributed by atoms with Crippen molar-refractivity contribution in [2.75, 3.05) is 6.61 Å². The fourth-order valence-electron chi connectivity index (χ4n) is 3.91. The van der Waals surface area contributed by atoms with Crippen molar-refractivity contribution in [1.82, 2.24) is 9.78 Å². The number of aromatic nitrogens is 2. The number of hydrogen-bond acceptors (Lipinski definition) is 3. The van der Waals surface area contributed by atoms with Crippen LogP contribution in [0.5, 0.6) is 5.75 Å². The van der Waals surface area contributed by atoms with E-state index in [0.717, 1.165) is 16.7 Å². The third-order valence-corrected chi connectivity index (χ3v) is 5.30. The van der Waals surface area contributed by atoms with Crippen LogP contribution in [0.4, 0.5) is 0 Å². The molecule has 0 fully saturated rings. The number of carboxylic acid groups (broad SMARTS) is 1. The first-order valence-corrected chi connectivity index (χ1v) is 10.8. The number of carbonyl (C=O) groups is 1. The van der Waals surface area contributed by atoms with Crippen molar-refractivity contribution in [2.45, 2.75) is 19.4 Å². The van der Waals surface area contributed by atoms with Crippen molar-refractivity contribution < 1.29 is 14.6 Å². The first kappa shape index (κ1) is 22.1. The molecule has 33 heavy (non-hydrogen) atoms. The van der Waals surface area contributed by atoms with Gasteiger partial charge in [-0.1, -0.05) is 84.4 Å². The third kappa shape index (κ3) is 5.98. The Hall–Kier alpha value is -4.12. The SMILES string of the molecule is CC(=Cc1cccc(OCC(=O)O)c1)Cn1cc(C(c2ccccc2)c2ccccc2)cn1. The Morgan fingerprint density at radius 1 is 0.970 bits per heavy atom. The van der Waals surface area contributed by atoms with Gasteiger partial charge < -0.3 is 9.84 Å². The Bertz CT molecular complexity index is 1190. The van der Waals surface area contributed by atoms with Crippen LogP contribution in [0.25, 0.3) is 6.08 Å². The zero-order valence-electron chi connectivity index (χ0n) is 18.5. The molecule has 1 aromatic heterocycles. The maximum atomic E-state index is 10.7. The number of allylic oxidation sites excluding steroid dienone is 1. The van der Waals surface area contributed by atoms with Crippen molar-refractivity contribution in [2.24, 2.45) is 0 Å². The zero-order chi connectivity index (χ0) is 23.0. The topological polar surface area (TPSA) is 64.3 Å². The van der Waals surface area contributed by atoms with Crippen molar-refractivity contribution in [1.29, 1.82) is 0 Å². The number of ether oxygens (including phenoxy) is 1. The average Bonchev–Trinajstić information content (AvgIpc) is 3.27. The predicted octanol–water partition coefficient (Wildman–Crippen LogP) is 5.63. The van der Waals surface area contributed by atoms with Crippen LogP contribution in [-0.4, -0.2) is 27.5 Å². The van der Waals surface area contributed by atoms with E-state index in [1.807, 2.05) is 41.2 Å². The molecule has 0 aliphatic heterocycles. The summed E-state index contributed by atoms with van der Waals surface area (Å²) in [6.45, 7) is 2.35. The van der Waals surface area contributed by atoms with Crippen molar-refractivity contribution in [3.05, 3.63) is 125 Å². The van der Waals surface area contributed by atoms with Gasteiger partial charge in [-0.15, -0.1) is 0 Å². The molecule has 0 spiro atoms. The molecule has 4 rings (SSSR count). The summed E-state index contributed by atoms with van der Waals surface area (Å²) in [5, 5.41) is 13.4.